The summed E-state index contributed by atoms with van der Waals surface area (Å²) in [7, 11) is 0. The topological polar surface area (TPSA) is 9.23 Å². The second kappa shape index (κ2) is 21.7. The van der Waals surface area contributed by atoms with E-state index in [1.165, 1.54) is 128 Å². The molecule has 0 unspecified atom stereocenters. The van der Waals surface area contributed by atoms with Gasteiger partial charge in [0, 0.05) is 0 Å². The Hall–Kier alpha value is -0.980. The molecule has 29 heavy (non-hydrogen) atoms. The average Bonchev–Trinajstić information content (AvgIpc) is 2.75. The van der Waals surface area contributed by atoms with Crippen LogP contribution in [0.15, 0.2) is 30.3 Å². The molecule has 0 fully saturated rings. The summed E-state index contributed by atoms with van der Waals surface area (Å²) >= 11 is 0. The summed E-state index contributed by atoms with van der Waals surface area (Å²) < 4.78 is 5.74. The highest BCUT2D eigenvalue weighted by molar-refractivity contribution is 5.20. The van der Waals surface area contributed by atoms with Crippen LogP contribution in [-0.2, 0) is 0 Å². The van der Waals surface area contributed by atoms with E-state index in [-0.39, 0.29) is 0 Å². The van der Waals surface area contributed by atoms with Crippen LogP contribution in [0.1, 0.15) is 135 Å². The number of unbranched alkanes of at least 4 members (excludes halogenated alkanes) is 19. The predicted octanol–water partition coefficient (Wildman–Crippen LogP) is 9.89. The van der Waals surface area contributed by atoms with E-state index in [1.807, 2.05) is 30.3 Å². The Bertz CT molecular complexity index is 414. The zero-order chi connectivity index (χ0) is 20.7. The van der Waals surface area contributed by atoms with Gasteiger partial charge in [0.25, 0.3) is 0 Å². The molecule has 0 bridgehead atoms. The van der Waals surface area contributed by atoms with Crippen LogP contribution in [0.5, 0.6) is 5.75 Å². The molecular formula is C28H50O. The van der Waals surface area contributed by atoms with Crippen LogP contribution >= 0.6 is 0 Å². The second-order valence-electron chi connectivity index (χ2n) is 8.88. The van der Waals surface area contributed by atoms with Crippen molar-refractivity contribution in [1.82, 2.24) is 0 Å². The van der Waals surface area contributed by atoms with Crippen molar-refractivity contribution in [2.75, 3.05) is 6.61 Å². The van der Waals surface area contributed by atoms with Gasteiger partial charge in [-0.25, -0.2) is 0 Å². The molecule has 168 valence electrons. The summed E-state index contributed by atoms with van der Waals surface area (Å²) in [5.41, 5.74) is 0. The van der Waals surface area contributed by atoms with Gasteiger partial charge in [-0.1, -0.05) is 147 Å². The van der Waals surface area contributed by atoms with Gasteiger partial charge in [-0.05, 0) is 18.6 Å². The van der Waals surface area contributed by atoms with E-state index in [4.69, 9.17) is 4.74 Å². The average molecular weight is 403 g/mol. The normalized spacial score (nSPS) is 11.1. The van der Waals surface area contributed by atoms with Crippen LogP contribution in [0.4, 0.5) is 0 Å². The lowest BCUT2D eigenvalue weighted by atomic mass is 10.0. The van der Waals surface area contributed by atoms with Gasteiger partial charge in [0.15, 0.2) is 0 Å². The van der Waals surface area contributed by atoms with Crippen LogP contribution < -0.4 is 4.74 Å². The molecule has 0 saturated heterocycles. The van der Waals surface area contributed by atoms with E-state index in [0.29, 0.717) is 0 Å². The summed E-state index contributed by atoms with van der Waals surface area (Å²) in [6.45, 7) is 3.16. The summed E-state index contributed by atoms with van der Waals surface area (Å²) in [6, 6.07) is 10.2. The molecule has 0 aliphatic carbocycles. The van der Waals surface area contributed by atoms with E-state index in [0.717, 1.165) is 12.4 Å². The maximum atomic E-state index is 5.74. The van der Waals surface area contributed by atoms with Gasteiger partial charge in [-0.3, -0.25) is 0 Å². The van der Waals surface area contributed by atoms with Crippen molar-refractivity contribution in [2.45, 2.75) is 135 Å². The van der Waals surface area contributed by atoms with Gasteiger partial charge in [-0.2, -0.15) is 0 Å². The number of hydrogen-bond acceptors (Lipinski definition) is 1. The summed E-state index contributed by atoms with van der Waals surface area (Å²) in [5.74, 6) is 1.00. The van der Waals surface area contributed by atoms with Crippen molar-refractivity contribution >= 4 is 0 Å². The van der Waals surface area contributed by atoms with Crippen LogP contribution in [0.25, 0.3) is 0 Å². The molecule has 1 heteroatoms. The Morgan fingerprint density at radius 3 is 1.17 bits per heavy atom. The zero-order valence-electron chi connectivity index (χ0n) is 19.6. The number of benzene rings is 1. The molecule has 0 amide bonds. The van der Waals surface area contributed by atoms with Crippen molar-refractivity contribution in [3.8, 4) is 5.75 Å². The Labute approximate surface area is 183 Å². The highest BCUT2D eigenvalue weighted by Gasteiger charge is 1.96. The second-order valence-corrected chi connectivity index (χ2v) is 8.88. The smallest absolute Gasteiger partial charge is 0.119 e. The molecule has 0 aromatic heterocycles. The fourth-order valence-electron chi connectivity index (χ4n) is 4.06. The summed E-state index contributed by atoms with van der Waals surface area (Å²) in [6.07, 6.45) is 28.6. The van der Waals surface area contributed by atoms with Gasteiger partial charge >= 0.3 is 0 Å². The first-order chi connectivity index (χ1) is 14.4. The SMILES string of the molecule is CCCCCCCCCCCCCCCCCCCCCCOc1ccccc1. The molecule has 0 N–H and O–H groups in total. The first kappa shape index (κ1) is 26.1. The minimum atomic E-state index is 0.864. The first-order valence-corrected chi connectivity index (χ1v) is 13.1. The lowest BCUT2D eigenvalue weighted by molar-refractivity contribution is 0.304. The number of rotatable bonds is 22. The maximum absolute atomic E-state index is 5.74. The third kappa shape index (κ3) is 18.8. The van der Waals surface area contributed by atoms with E-state index in [2.05, 4.69) is 6.92 Å². The molecular weight excluding hydrogens is 352 g/mol. The Morgan fingerprint density at radius 2 is 0.793 bits per heavy atom. The van der Waals surface area contributed by atoms with Crippen molar-refractivity contribution in [3.05, 3.63) is 30.3 Å². The third-order valence-corrected chi connectivity index (χ3v) is 6.01. The highest BCUT2D eigenvalue weighted by atomic mass is 16.5. The van der Waals surface area contributed by atoms with Crippen LogP contribution in [0, 0.1) is 0 Å². The molecule has 1 aromatic rings. The van der Waals surface area contributed by atoms with E-state index in [9.17, 15) is 0 Å². The largest absolute Gasteiger partial charge is 0.494 e. The van der Waals surface area contributed by atoms with Gasteiger partial charge in [0.05, 0.1) is 6.61 Å². The van der Waals surface area contributed by atoms with Crippen molar-refractivity contribution < 1.29 is 4.74 Å². The molecule has 1 nitrogen and oxygen atoms in total. The molecule has 1 rings (SSSR count). The van der Waals surface area contributed by atoms with E-state index >= 15 is 0 Å². The Kier molecular flexibility index (Phi) is 19.5. The maximum Gasteiger partial charge on any atom is 0.119 e. The predicted molar refractivity (Wildman–Crippen MR) is 130 cm³/mol. The lowest BCUT2D eigenvalue weighted by Crippen LogP contribution is -1.96. The molecule has 0 saturated carbocycles. The van der Waals surface area contributed by atoms with Gasteiger partial charge in [0.1, 0.15) is 5.75 Å². The van der Waals surface area contributed by atoms with Crippen LogP contribution in [0.3, 0.4) is 0 Å². The standard InChI is InChI=1S/C28H50O/c1-2-3-4-5-6-7-8-9-10-11-12-13-14-15-16-17-18-19-20-24-27-29-28-25-22-21-23-26-28/h21-23,25-26H,2-20,24,27H2,1H3. The molecule has 0 heterocycles. The van der Waals surface area contributed by atoms with Gasteiger partial charge < -0.3 is 4.74 Å². The fourth-order valence-corrected chi connectivity index (χ4v) is 4.06. The van der Waals surface area contributed by atoms with Gasteiger partial charge in [-0.15, -0.1) is 0 Å². The monoisotopic (exact) mass is 402 g/mol. The number of hydrogen-bond donors (Lipinski definition) is 0. The zero-order valence-corrected chi connectivity index (χ0v) is 19.6. The molecule has 0 aliphatic heterocycles. The molecule has 0 atom stereocenters. The van der Waals surface area contributed by atoms with Crippen molar-refractivity contribution in [3.63, 3.8) is 0 Å². The molecule has 0 spiro atoms. The third-order valence-electron chi connectivity index (χ3n) is 6.01. The number of para-hydroxylation sites is 1. The van der Waals surface area contributed by atoms with E-state index in [1.54, 1.807) is 0 Å². The lowest BCUT2D eigenvalue weighted by Gasteiger charge is -2.06. The van der Waals surface area contributed by atoms with Crippen molar-refractivity contribution in [2.24, 2.45) is 0 Å². The number of ether oxygens (including phenoxy) is 1. The summed E-state index contributed by atoms with van der Waals surface area (Å²) in [4.78, 5) is 0. The quantitative estimate of drug-likeness (QED) is 0.175. The molecule has 0 aliphatic rings. The summed E-state index contributed by atoms with van der Waals surface area (Å²) in [5, 5.41) is 0. The van der Waals surface area contributed by atoms with Crippen molar-refractivity contribution in [1.29, 1.82) is 0 Å². The molecule has 0 radical (unpaired) electrons. The Morgan fingerprint density at radius 1 is 0.448 bits per heavy atom. The fraction of sp³-hybridized carbons (Fsp3) is 0.786. The Balaban J connectivity index is 1.66. The van der Waals surface area contributed by atoms with E-state index < -0.39 is 0 Å². The first-order valence-electron chi connectivity index (χ1n) is 13.1. The molecule has 1 aromatic carbocycles. The minimum absolute atomic E-state index is 0.864. The van der Waals surface area contributed by atoms with Gasteiger partial charge in [0.2, 0.25) is 0 Å². The highest BCUT2D eigenvalue weighted by Crippen LogP contribution is 2.15. The van der Waals surface area contributed by atoms with Crippen LogP contribution in [0.2, 0.25) is 0 Å². The minimum Gasteiger partial charge on any atom is -0.494 e. The van der Waals surface area contributed by atoms with Crippen LogP contribution in [-0.4, -0.2) is 6.61 Å².